The predicted molar refractivity (Wildman–Crippen MR) is 103 cm³/mol. The van der Waals surface area contributed by atoms with Crippen molar-refractivity contribution in [3.05, 3.63) is 78.4 Å². The van der Waals surface area contributed by atoms with Gasteiger partial charge in [0.1, 0.15) is 5.82 Å². The molecule has 6 heteroatoms. The fourth-order valence-corrected chi connectivity index (χ4v) is 3.42. The largest absolute Gasteiger partial charge is 0.370 e. The van der Waals surface area contributed by atoms with Crippen molar-refractivity contribution < 1.29 is 9.18 Å². The van der Waals surface area contributed by atoms with Crippen molar-refractivity contribution in [2.45, 2.75) is 6.42 Å². The van der Waals surface area contributed by atoms with Gasteiger partial charge in [-0.25, -0.2) is 9.07 Å². The molecule has 0 saturated carbocycles. The van der Waals surface area contributed by atoms with Gasteiger partial charge >= 0.3 is 0 Å². The quantitative estimate of drug-likeness (QED) is 0.716. The zero-order valence-electron chi connectivity index (χ0n) is 15.0. The van der Waals surface area contributed by atoms with Gasteiger partial charge in [-0.3, -0.25) is 4.79 Å². The van der Waals surface area contributed by atoms with Gasteiger partial charge in [0, 0.05) is 49.8 Å². The lowest BCUT2D eigenvalue weighted by Crippen LogP contribution is -2.35. The minimum Gasteiger partial charge on any atom is -0.370 e. The first-order chi connectivity index (χ1) is 13.2. The molecule has 0 spiro atoms. The zero-order chi connectivity index (χ0) is 18.6. The van der Waals surface area contributed by atoms with E-state index in [2.05, 4.69) is 10.00 Å². The maximum atomic E-state index is 13.1. The van der Waals surface area contributed by atoms with Crippen molar-refractivity contribution in [3.8, 4) is 5.69 Å². The fourth-order valence-electron chi connectivity index (χ4n) is 3.42. The predicted octanol–water partition coefficient (Wildman–Crippen LogP) is 3.36. The van der Waals surface area contributed by atoms with E-state index in [4.69, 9.17) is 0 Å². The number of benzene rings is 2. The van der Waals surface area contributed by atoms with Crippen LogP contribution in [0.2, 0.25) is 0 Å². The molecule has 1 saturated heterocycles. The van der Waals surface area contributed by atoms with E-state index in [-0.39, 0.29) is 11.7 Å². The second kappa shape index (κ2) is 7.61. The molecule has 1 amide bonds. The van der Waals surface area contributed by atoms with Crippen LogP contribution in [0, 0.1) is 5.82 Å². The number of hydrogen-bond donors (Lipinski definition) is 0. The van der Waals surface area contributed by atoms with Crippen molar-refractivity contribution in [1.82, 2.24) is 14.7 Å². The molecule has 1 aliphatic heterocycles. The molecule has 4 rings (SSSR count). The molecule has 0 bridgehead atoms. The van der Waals surface area contributed by atoms with Gasteiger partial charge in [-0.1, -0.05) is 6.07 Å². The van der Waals surface area contributed by atoms with Gasteiger partial charge in [0.25, 0.3) is 5.91 Å². The Kier molecular flexibility index (Phi) is 4.87. The van der Waals surface area contributed by atoms with Crippen molar-refractivity contribution >= 4 is 11.6 Å². The molecule has 1 aliphatic rings. The Morgan fingerprint density at radius 1 is 0.926 bits per heavy atom. The maximum Gasteiger partial charge on any atom is 0.253 e. The van der Waals surface area contributed by atoms with Crippen LogP contribution in [-0.2, 0) is 0 Å². The van der Waals surface area contributed by atoms with Crippen molar-refractivity contribution in [2.75, 3.05) is 31.1 Å². The smallest absolute Gasteiger partial charge is 0.253 e. The molecule has 138 valence electrons. The summed E-state index contributed by atoms with van der Waals surface area (Å²) in [6.07, 6.45) is 4.45. The van der Waals surface area contributed by atoms with Crippen LogP contribution in [0.3, 0.4) is 0 Å². The highest BCUT2D eigenvalue weighted by atomic mass is 19.1. The monoisotopic (exact) mass is 364 g/mol. The number of carbonyl (C=O) groups excluding carboxylic acids is 1. The van der Waals surface area contributed by atoms with Crippen LogP contribution in [0.1, 0.15) is 16.8 Å². The van der Waals surface area contributed by atoms with Gasteiger partial charge in [-0.15, -0.1) is 0 Å². The summed E-state index contributed by atoms with van der Waals surface area (Å²) in [7, 11) is 0. The Morgan fingerprint density at radius 3 is 2.56 bits per heavy atom. The molecule has 0 aliphatic carbocycles. The Bertz CT molecular complexity index is 908. The minimum absolute atomic E-state index is 0.0324. The summed E-state index contributed by atoms with van der Waals surface area (Å²) in [6.45, 7) is 2.93. The summed E-state index contributed by atoms with van der Waals surface area (Å²) >= 11 is 0. The van der Waals surface area contributed by atoms with Gasteiger partial charge in [-0.2, -0.15) is 5.10 Å². The molecule has 2 aromatic carbocycles. The normalized spacial score (nSPS) is 14.9. The molecule has 1 fully saturated rings. The van der Waals surface area contributed by atoms with Crippen molar-refractivity contribution in [1.29, 1.82) is 0 Å². The fraction of sp³-hybridized carbons (Fsp3) is 0.238. The molecule has 3 aromatic rings. The second-order valence-electron chi connectivity index (χ2n) is 6.61. The number of carbonyl (C=O) groups is 1. The highest BCUT2D eigenvalue weighted by molar-refractivity contribution is 5.94. The molecule has 0 unspecified atom stereocenters. The van der Waals surface area contributed by atoms with Gasteiger partial charge in [0.15, 0.2) is 0 Å². The lowest BCUT2D eigenvalue weighted by Gasteiger charge is -2.24. The summed E-state index contributed by atoms with van der Waals surface area (Å²) in [5.74, 6) is -0.201. The van der Waals surface area contributed by atoms with Gasteiger partial charge < -0.3 is 9.80 Å². The SMILES string of the molecule is O=C(c1cccc(-n2cccn2)c1)N1CCCN(c2ccc(F)cc2)CC1. The number of nitrogens with zero attached hydrogens (tertiary/aromatic N) is 4. The third-order valence-electron chi connectivity index (χ3n) is 4.84. The first-order valence-corrected chi connectivity index (χ1v) is 9.10. The second-order valence-corrected chi connectivity index (χ2v) is 6.61. The highest BCUT2D eigenvalue weighted by Crippen LogP contribution is 2.18. The first-order valence-electron chi connectivity index (χ1n) is 9.10. The van der Waals surface area contributed by atoms with E-state index in [1.165, 1.54) is 12.1 Å². The highest BCUT2D eigenvalue weighted by Gasteiger charge is 2.21. The Balaban J connectivity index is 1.47. The molecule has 27 heavy (non-hydrogen) atoms. The molecule has 2 heterocycles. The van der Waals surface area contributed by atoms with Crippen LogP contribution in [0.5, 0.6) is 0 Å². The number of halogens is 1. The van der Waals surface area contributed by atoms with E-state index in [0.29, 0.717) is 18.7 Å². The standard InChI is InChI=1S/C21H21FN4O/c22-18-6-8-19(9-7-18)24-11-3-12-25(15-14-24)21(27)17-4-1-5-20(16-17)26-13-2-10-23-26/h1-2,4-10,13,16H,3,11-12,14-15H2. The first kappa shape index (κ1) is 17.3. The molecular weight excluding hydrogens is 343 g/mol. The summed E-state index contributed by atoms with van der Waals surface area (Å²) in [6, 6.07) is 15.9. The molecule has 0 radical (unpaired) electrons. The molecular formula is C21H21FN4O. The summed E-state index contributed by atoms with van der Waals surface area (Å²) < 4.78 is 14.9. The summed E-state index contributed by atoms with van der Waals surface area (Å²) in [5.41, 5.74) is 2.53. The average molecular weight is 364 g/mol. The summed E-state index contributed by atoms with van der Waals surface area (Å²) in [4.78, 5) is 17.1. The van der Waals surface area contributed by atoms with Crippen LogP contribution < -0.4 is 4.90 Å². The maximum absolute atomic E-state index is 13.1. The van der Waals surface area contributed by atoms with Crippen LogP contribution in [-0.4, -0.2) is 46.8 Å². The number of rotatable bonds is 3. The molecule has 0 atom stereocenters. The molecule has 5 nitrogen and oxygen atoms in total. The van der Waals surface area contributed by atoms with Crippen molar-refractivity contribution in [2.24, 2.45) is 0 Å². The van der Waals surface area contributed by atoms with E-state index in [0.717, 1.165) is 30.9 Å². The van der Waals surface area contributed by atoms with E-state index in [1.807, 2.05) is 41.4 Å². The van der Waals surface area contributed by atoms with Crippen LogP contribution >= 0.6 is 0 Å². The minimum atomic E-state index is -0.234. The molecule has 1 aromatic heterocycles. The number of aromatic nitrogens is 2. The van der Waals surface area contributed by atoms with Gasteiger partial charge in [-0.05, 0) is 55.0 Å². The topological polar surface area (TPSA) is 41.4 Å². The Hall–Kier alpha value is -3.15. The van der Waals surface area contributed by atoms with Gasteiger partial charge in [0.2, 0.25) is 0 Å². The lowest BCUT2D eigenvalue weighted by molar-refractivity contribution is 0.0767. The van der Waals surface area contributed by atoms with E-state index in [1.54, 1.807) is 23.0 Å². The van der Waals surface area contributed by atoms with Crippen LogP contribution in [0.15, 0.2) is 67.0 Å². The lowest BCUT2D eigenvalue weighted by atomic mass is 10.1. The third-order valence-corrected chi connectivity index (χ3v) is 4.84. The summed E-state index contributed by atoms with van der Waals surface area (Å²) in [5, 5.41) is 4.22. The Labute approximate surface area is 157 Å². The zero-order valence-corrected chi connectivity index (χ0v) is 15.0. The average Bonchev–Trinajstić information content (AvgIpc) is 3.13. The number of anilines is 1. The van der Waals surface area contributed by atoms with Gasteiger partial charge in [0.05, 0.1) is 5.69 Å². The van der Waals surface area contributed by atoms with Crippen LogP contribution in [0.25, 0.3) is 5.69 Å². The third kappa shape index (κ3) is 3.84. The number of hydrogen-bond acceptors (Lipinski definition) is 3. The Morgan fingerprint density at radius 2 is 1.78 bits per heavy atom. The number of amides is 1. The van der Waals surface area contributed by atoms with E-state index < -0.39 is 0 Å². The van der Waals surface area contributed by atoms with Crippen LogP contribution in [0.4, 0.5) is 10.1 Å². The molecule has 0 N–H and O–H groups in total. The van der Waals surface area contributed by atoms with Crippen molar-refractivity contribution in [3.63, 3.8) is 0 Å². The van der Waals surface area contributed by atoms with E-state index in [9.17, 15) is 9.18 Å². The van der Waals surface area contributed by atoms with E-state index >= 15 is 0 Å².